The van der Waals surface area contributed by atoms with Crippen LogP contribution in [0.25, 0.3) is 0 Å². The van der Waals surface area contributed by atoms with Crippen LogP contribution in [0.4, 0.5) is 10.5 Å². The summed E-state index contributed by atoms with van der Waals surface area (Å²) < 4.78 is 1.81. The Balaban J connectivity index is 2.73. The van der Waals surface area contributed by atoms with Crippen molar-refractivity contribution < 1.29 is 9.63 Å². The zero-order valence-electron chi connectivity index (χ0n) is 8.25. The van der Waals surface area contributed by atoms with Crippen molar-refractivity contribution in [3.63, 3.8) is 0 Å². The topological polar surface area (TPSA) is 41.6 Å². The number of anilines is 1. The Labute approximate surface area is 105 Å². The van der Waals surface area contributed by atoms with Crippen molar-refractivity contribution in [2.45, 2.75) is 0 Å². The molecule has 0 aliphatic heterocycles. The lowest BCUT2D eigenvalue weighted by molar-refractivity contribution is -0.0598. The number of hydrogen-bond donors (Lipinski definition) is 1. The Morgan fingerprint density at radius 3 is 2.60 bits per heavy atom. The number of benzene rings is 1. The van der Waals surface area contributed by atoms with E-state index in [-0.39, 0.29) is 6.03 Å². The normalized spacial score (nSPS) is 9.87. The molecule has 1 aromatic carbocycles. The van der Waals surface area contributed by atoms with Crippen molar-refractivity contribution in [2.75, 3.05) is 19.5 Å². The van der Waals surface area contributed by atoms with E-state index in [9.17, 15) is 4.79 Å². The molecule has 2 amide bonds. The largest absolute Gasteiger partial charge is 0.345 e. The lowest BCUT2D eigenvalue weighted by Gasteiger charge is -2.14. The van der Waals surface area contributed by atoms with Gasteiger partial charge in [0.2, 0.25) is 0 Å². The number of hydrogen-bond acceptors (Lipinski definition) is 2. The first-order valence-corrected chi connectivity index (χ1v) is 5.67. The minimum atomic E-state index is -0.327. The summed E-state index contributed by atoms with van der Waals surface area (Å²) in [7, 11) is 2.96. The van der Waals surface area contributed by atoms with Crippen molar-refractivity contribution in [1.29, 1.82) is 0 Å². The number of amides is 2. The highest BCUT2D eigenvalue weighted by Gasteiger charge is 2.08. The van der Waals surface area contributed by atoms with E-state index in [1.165, 1.54) is 14.2 Å². The number of urea groups is 1. The summed E-state index contributed by atoms with van der Waals surface area (Å²) in [6.07, 6.45) is 0. The average molecular weight is 338 g/mol. The van der Waals surface area contributed by atoms with Crippen molar-refractivity contribution in [2.24, 2.45) is 0 Å². The maximum Gasteiger partial charge on any atom is 0.345 e. The van der Waals surface area contributed by atoms with Crippen LogP contribution < -0.4 is 5.32 Å². The Morgan fingerprint density at radius 1 is 1.40 bits per heavy atom. The second-order valence-electron chi connectivity index (χ2n) is 2.74. The SMILES string of the molecule is CON(C)C(=O)Nc1ccc(Br)c(Br)c1. The second-order valence-corrected chi connectivity index (χ2v) is 4.45. The summed E-state index contributed by atoms with van der Waals surface area (Å²) in [4.78, 5) is 16.1. The number of carbonyl (C=O) groups excluding carboxylic acids is 1. The van der Waals surface area contributed by atoms with Gasteiger partial charge in [-0.3, -0.25) is 4.84 Å². The molecule has 6 heteroatoms. The van der Waals surface area contributed by atoms with E-state index in [1.807, 2.05) is 6.07 Å². The molecule has 0 aliphatic rings. The first-order valence-electron chi connectivity index (χ1n) is 4.08. The van der Waals surface area contributed by atoms with Gasteiger partial charge in [-0.25, -0.2) is 9.86 Å². The zero-order chi connectivity index (χ0) is 11.4. The van der Waals surface area contributed by atoms with E-state index >= 15 is 0 Å². The van der Waals surface area contributed by atoms with E-state index < -0.39 is 0 Å². The third-order valence-electron chi connectivity index (χ3n) is 1.73. The van der Waals surface area contributed by atoms with E-state index in [0.717, 1.165) is 14.0 Å². The molecule has 0 heterocycles. The van der Waals surface area contributed by atoms with Crippen LogP contribution in [0.3, 0.4) is 0 Å². The van der Waals surface area contributed by atoms with E-state index in [4.69, 9.17) is 4.84 Å². The first kappa shape index (κ1) is 12.5. The van der Waals surface area contributed by atoms with Crippen LogP contribution in [0.15, 0.2) is 27.1 Å². The van der Waals surface area contributed by atoms with Crippen molar-refractivity contribution in [1.82, 2.24) is 5.06 Å². The number of carbonyl (C=O) groups is 1. The standard InChI is InChI=1S/C9H10Br2N2O2/c1-13(15-2)9(14)12-6-3-4-7(10)8(11)5-6/h3-5H,1-2H3,(H,12,14). The molecule has 0 atom stereocenters. The molecular formula is C9H10Br2N2O2. The van der Waals surface area contributed by atoms with Gasteiger partial charge in [0, 0.05) is 21.7 Å². The van der Waals surface area contributed by atoms with Gasteiger partial charge in [0.25, 0.3) is 0 Å². The zero-order valence-corrected chi connectivity index (χ0v) is 11.4. The minimum absolute atomic E-state index is 0.327. The highest BCUT2D eigenvalue weighted by Crippen LogP contribution is 2.26. The molecular weight excluding hydrogens is 328 g/mol. The molecule has 0 aliphatic carbocycles. The minimum Gasteiger partial charge on any atom is -0.306 e. The summed E-state index contributed by atoms with van der Waals surface area (Å²) in [6.45, 7) is 0. The van der Waals surface area contributed by atoms with Crippen molar-refractivity contribution in [3.05, 3.63) is 27.1 Å². The molecule has 0 spiro atoms. The van der Waals surface area contributed by atoms with Crippen LogP contribution in [-0.4, -0.2) is 25.3 Å². The van der Waals surface area contributed by atoms with Gasteiger partial charge in [0.1, 0.15) is 0 Å². The van der Waals surface area contributed by atoms with Gasteiger partial charge in [-0.05, 0) is 50.1 Å². The van der Waals surface area contributed by atoms with Crippen LogP contribution in [-0.2, 0) is 4.84 Å². The molecule has 1 aromatic rings. The Morgan fingerprint density at radius 2 is 2.07 bits per heavy atom. The van der Waals surface area contributed by atoms with Crippen LogP contribution in [0.5, 0.6) is 0 Å². The monoisotopic (exact) mass is 336 g/mol. The van der Waals surface area contributed by atoms with E-state index in [0.29, 0.717) is 5.69 Å². The van der Waals surface area contributed by atoms with Crippen molar-refractivity contribution >= 4 is 43.6 Å². The maximum absolute atomic E-state index is 11.4. The quantitative estimate of drug-likeness (QED) is 0.842. The first-order chi connectivity index (χ1) is 7.04. The molecule has 0 unspecified atom stereocenters. The number of rotatable bonds is 2. The molecule has 0 saturated heterocycles. The number of nitrogens with one attached hydrogen (secondary N) is 1. The highest BCUT2D eigenvalue weighted by molar-refractivity contribution is 9.13. The van der Waals surface area contributed by atoms with E-state index in [2.05, 4.69) is 37.2 Å². The summed E-state index contributed by atoms with van der Waals surface area (Å²) >= 11 is 6.69. The molecule has 0 fully saturated rings. The van der Waals surface area contributed by atoms with Crippen molar-refractivity contribution in [3.8, 4) is 0 Å². The molecule has 0 radical (unpaired) electrons. The Kier molecular flexibility index (Phi) is 4.56. The van der Waals surface area contributed by atoms with Gasteiger partial charge in [0.15, 0.2) is 0 Å². The number of halogens is 2. The van der Waals surface area contributed by atoms with Gasteiger partial charge >= 0.3 is 6.03 Å². The number of nitrogens with zero attached hydrogens (tertiary/aromatic N) is 1. The van der Waals surface area contributed by atoms with Crippen LogP contribution >= 0.6 is 31.9 Å². The molecule has 0 aromatic heterocycles. The fourth-order valence-corrected chi connectivity index (χ4v) is 1.48. The third-order valence-corrected chi connectivity index (χ3v) is 3.61. The van der Waals surface area contributed by atoms with Gasteiger partial charge in [-0.1, -0.05) is 0 Å². The molecule has 15 heavy (non-hydrogen) atoms. The van der Waals surface area contributed by atoms with Crippen LogP contribution in [0.1, 0.15) is 0 Å². The third kappa shape index (κ3) is 3.48. The summed E-state index contributed by atoms with van der Waals surface area (Å²) in [6, 6.07) is 5.10. The fraction of sp³-hybridized carbons (Fsp3) is 0.222. The molecule has 0 bridgehead atoms. The average Bonchev–Trinajstić information content (AvgIpc) is 2.22. The van der Waals surface area contributed by atoms with Crippen LogP contribution in [0.2, 0.25) is 0 Å². The second kappa shape index (κ2) is 5.48. The predicted octanol–water partition coefficient (Wildman–Crippen LogP) is 3.24. The van der Waals surface area contributed by atoms with Gasteiger partial charge in [-0.15, -0.1) is 0 Å². The lowest BCUT2D eigenvalue weighted by atomic mass is 10.3. The smallest absolute Gasteiger partial charge is 0.306 e. The molecule has 1 rings (SSSR count). The highest BCUT2D eigenvalue weighted by atomic mass is 79.9. The van der Waals surface area contributed by atoms with Crippen LogP contribution in [0, 0.1) is 0 Å². The lowest BCUT2D eigenvalue weighted by Crippen LogP contribution is -2.30. The molecule has 4 nitrogen and oxygen atoms in total. The molecule has 82 valence electrons. The summed E-state index contributed by atoms with van der Waals surface area (Å²) in [5.41, 5.74) is 0.693. The van der Waals surface area contributed by atoms with Gasteiger partial charge in [-0.2, -0.15) is 0 Å². The Hall–Kier alpha value is -0.590. The molecule has 0 saturated carbocycles. The molecule has 1 N–H and O–H groups in total. The Bertz CT molecular complexity index is 371. The summed E-state index contributed by atoms with van der Waals surface area (Å²) in [5, 5.41) is 3.78. The summed E-state index contributed by atoms with van der Waals surface area (Å²) in [5.74, 6) is 0. The maximum atomic E-state index is 11.4. The van der Waals surface area contributed by atoms with E-state index in [1.54, 1.807) is 12.1 Å². The fourth-order valence-electron chi connectivity index (χ4n) is 0.859. The number of hydroxylamine groups is 2. The van der Waals surface area contributed by atoms with Gasteiger partial charge < -0.3 is 5.32 Å². The predicted molar refractivity (Wildman–Crippen MR) is 65.6 cm³/mol. The van der Waals surface area contributed by atoms with Gasteiger partial charge in [0.05, 0.1) is 7.11 Å².